The highest BCUT2D eigenvalue weighted by Crippen LogP contribution is 2.23. The highest BCUT2D eigenvalue weighted by atomic mass is 16.5. The van der Waals surface area contributed by atoms with Crippen molar-refractivity contribution in [2.75, 3.05) is 19.5 Å². The monoisotopic (exact) mass is 365 g/mol. The van der Waals surface area contributed by atoms with Crippen LogP contribution in [-0.2, 0) is 11.3 Å². The molecule has 0 atom stereocenters. The lowest BCUT2D eigenvalue weighted by Gasteiger charge is -2.12. The average Bonchev–Trinajstić information content (AvgIpc) is 2.72. The second-order valence-electron chi connectivity index (χ2n) is 5.51. The molecule has 0 unspecified atom stereocenters. The van der Waals surface area contributed by atoms with Crippen LogP contribution in [0.2, 0.25) is 0 Å². The Hall–Kier alpha value is -3.61. The standard InChI is InChI=1S/C20H19N3O4/c1-25-17-12-18(26-2)23-20(22-17)21-16-11-7-6-10-15(16)19(24)27-13-14-8-4-3-5-9-14/h3-12H,13H2,1-2H3,(H,21,22,23). The summed E-state index contributed by atoms with van der Waals surface area (Å²) in [7, 11) is 3.00. The van der Waals surface area contributed by atoms with E-state index in [1.807, 2.05) is 30.3 Å². The fourth-order valence-corrected chi connectivity index (χ4v) is 2.36. The molecule has 0 fully saturated rings. The second-order valence-corrected chi connectivity index (χ2v) is 5.51. The van der Waals surface area contributed by atoms with Gasteiger partial charge in [-0.3, -0.25) is 0 Å². The molecule has 0 aliphatic rings. The summed E-state index contributed by atoms with van der Waals surface area (Å²) in [6.07, 6.45) is 0. The number of ether oxygens (including phenoxy) is 3. The van der Waals surface area contributed by atoms with Crippen LogP contribution in [0.25, 0.3) is 0 Å². The maximum Gasteiger partial charge on any atom is 0.340 e. The van der Waals surface area contributed by atoms with Crippen LogP contribution in [0.1, 0.15) is 15.9 Å². The van der Waals surface area contributed by atoms with Crippen molar-refractivity contribution in [2.45, 2.75) is 6.61 Å². The Labute approximate surface area is 156 Å². The lowest BCUT2D eigenvalue weighted by molar-refractivity contribution is 0.0474. The molecule has 1 N–H and O–H groups in total. The van der Waals surface area contributed by atoms with E-state index in [4.69, 9.17) is 14.2 Å². The van der Waals surface area contributed by atoms with E-state index in [-0.39, 0.29) is 12.6 Å². The Morgan fingerprint density at radius 2 is 1.56 bits per heavy atom. The van der Waals surface area contributed by atoms with E-state index in [2.05, 4.69) is 15.3 Å². The molecule has 0 spiro atoms. The van der Waals surface area contributed by atoms with Crippen molar-refractivity contribution in [3.05, 3.63) is 71.8 Å². The molecule has 2 aromatic carbocycles. The van der Waals surface area contributed by atoms with Crippen molar-refractivity contribution in [1.82, 2.24) is 9.97 Å². The van der Waals surface area contributed by atoms with E-state index in [0.29, 0.717) is 23.0 Å². The highest BCUT2D eigenvalue weighted by molar-refractivity contribution is 5.96. The normalized spacial score (nSPS) is 10.1. The molecule has 3 aromatic rings. The van der Waals surface area contributed by atoms with E-state index in [1.165, 1.54) is 14.2 Å². The summed E-state index contributed by atoms with van der Waals surface area (Å²) in [5, 5.41) is 3.02. The van der Waals surface area contributed by atoms with E-state index in [9.17, 15) is 4.79 Å². The van der Waals surface area contributed by atoms with E-state index >= 15 is 0 Å². The Morgan fingerprint density at radius 1 is 0.926 bits per heavy atom. The van der Waals surface area contributed by atoms with Gasteiger partial charge in [-0.15, -0.1) is 0 Å². The minimum Gasteiger partial charge on any atom is -0.481 e. The lowest BCUT2D eigenvalue weighted by atomic mass is 10.2. The number of rotatable bonds is 7. The molecule has 0 radical (unpaired) electrons. The first-order valence-electron chi connectivity index (χ1n) is 8.24. The van der Waals surface area contributed by atoms with Gasteiger partial charge in [0.2, 0.25) is 17.7 Å². The smallest absolute Gasteiger partial charge is 0.340 e. The Bertz CT molecular complexity index is 894. The molecule has 0 bridgehead atoms. The number of hydrogen-bond acceptors (Lipinski definition) is 7. The third kappa shape index (κ3) is 4.72. The molecular weight excluding hydrogens is 346 g/mol. The summed E-state index contributed by atoms with van der Waals surface area (Å²) in [6.45, 7) is 0.192. The van der Waals surface area contributed by atoms with Crippen molar-refractivity contribution >= 4 is 17.6 Å². The first-order chi connectivity index (χ1) is 13.2. The Kier molecular flexibility index (Phi) is 5.84. The van der Waals surface area contributed by atoms with Crippen molar-refractivity contribution in [2.24, 2.45) is 0 Å². The van der Waals surface area contributed by atoms with Gasteiger partial charge in [0, 0.05) is 0 Å². The number of hydrogen-bond donors (Lipinski definition) is 1. The van der Waals surface area contributed by atoms with Gasteiger partial charge in [-0.05, 0) is 17.7 Å². The van der Waals surface area contributed by atoms with Crippen molar-refractivity contribution < 1.29 is 19.0 Å². The average molecular weight is 365 g/mol. The van der Waals surface area contributed by atoms with Crippen molar-refractivity contribution in [3.8, 4) is 11.8 Å². The predicted molar refractivity (Wildman–Crippen MR) is 100 cm³/mol. The fraction of sp³-hybridized carbons (Fsp3) is 0.150. The summed E-state index contributed by atoms with van der Waals surface area (Å²) >= 11 is 0. The highest BCUT2D eigenvalue weighted by Gasteiger charge is 2.14. The summed E-state index contributed by atoms with van der Waals surface area (Å²) in [5.74, 6) is 0.480. The molecule has 0 saturated heterocycles. The third-order valence-corrected chi connectivity index (χ3v) is 3.70. The minimum absolute atomic E-state index is 0.192. The molecule has 0 aliphatic carbocycles. The molecule has 7 heteroatoms. The number of nitrogens with zero attached hydrogens (tertiary/aromatic N) is 2. The van der Waals surface area contributed by atoms with Gasteiger partial charge >= 0.3 is 5.97 Å². The quantitative estimate of drug-likeness (QED) is 0.641. The van der Waals surface area contributed by atoms with Crippen LogP contribution >= 0.6 is 0 Å². The number of carbonyl (C=O) groups is 1. The van der Waals surface area contributed by atoms with Gasteiger partial charge in [-0.1, -0.05) is 42.5 Å². The van der Waals surface area contributed by atoms with Gasteiger partial charge in [0.05, 0.1) is 31.5 Å². The number of nitrogens with one attached hydrogen (secondary N) is 1. The number of carbonyl (C=O) groups excluding carboxylic acids is 1. The largest absolute Gasteiger partial charge is 0.481 e. The fourth-order valence-electron chi connectivity index (χ4n) is 2.36. The zero-order valence-corrected chi connectivity index (χ0v) is 15.0. The SMILES string of the molecule is COc1cc(OC)nc(Nc2ccccc2C(=O)OCc2ccccc2)n1. The maximum absolute atomic E-state index is 12.5. The van der Waals surface area contributed by atoms with Gasteiger partial charge in [0.15, 0.2) is 0 Å². The maximum atomic E-state index is 12.5. The third-order valence-electron chi connectivity index (χ3n) is 3.70. The molecule has 7 nitrogen and oxygen atoms in total. The number of methoxy groups -OCH3 is 2. The summed E-state index contributed by atoms with van der Waals surface area (Å²) in [5.41, 5.74) is 1.81. The van der Waals surface area contributed by atoms with Crippen LogP contribution in [-0.4, -0.2) is 30.2 Å². The molecule has 1 aromatic heterocycles. The molecule has 138 valence electrons. The second kappa shape index (κ2) is 8.66. The van der Waals surface area contributed by atoms with Gasteiger partial charge in [0.1, 0.15) is 6.61 Å². The molecule has 0 aliphatic heterocycles. The van der Waals surface area contributed by atoms with E-state index < -0.39 is 5.97 Å². The van der Waals surface area contributed by atoms with E-state index in [1.54, 1.807) is 30.3 Å². The molecule has 27 heavy (non-hydrogen) atoms. The number of para-hydroxylation sites is 1. The summed E-state index contributed by atoms with van der Waals surface area (Å²) < 4.78 is 15.7. The topological polar surface area (TPSA) is 82.6 Å². The van der Waals surface area contributed by atoms with Crippen molar-refractivity contribution in [3.63, 3.8) is 0 Å². The Balaban J connectivity index is 1.78. The molecule has 1 heterocycles. The van der Waals surface area contributed by atoms with Crippen LogP contribution in [0, 0.1) is 0 Å². The number of benzene rings is 2. The number of esters is 1. The van der Waals surface area contributed by atoms with Gasteiger partial charge in [-0.25, -0.2) is 4.79 Å². The lowest BCUT2D eigenvalue weighted by Crippen LogP contribution is -2.09. The first-order valence-corrected chi connectivity index (χ1v) is 8.24. The predicted octanol–water partition coefficient (Wildman–Crippen LogP) is 3.59. The Morgan fingerprint density at radius 3 is 2.22 bits per heavy atom. The number of aromatic nitrogens is 2. The van der Waals surface area contributed by atoms with Crippen LogP contribution in [0.3, 0.4) is 0 Å². The van der Waals surface area contributed by atoms with Gasteiger partial charge < -0.3 is 19.5 Å². The zero-order valence-electron chi connectivity index (χ0n) is 15.0. The zero-order chi connectivity index (χ0) is 19.1. The number of anilines is 2. The molecular formula is C20H19N3O4. The first kappa shape index (κ1) is 18.2. The van der Waals surface area contributed by atoms with Crippen LogP contribution in [0.5, 0.6) is 11.8 Å². The van der Waals surface area contributed by atoms with Gasteiger partial charge in [-0.2, -0.15) is 9.97 Å². The molecule has 0 amide bonds. The van der Waals surface area contributed by atoms with E-state index in [0.717, 1.165) is 5.56 Å². The van der Waals surface area contributed by atoms with Crippen LogP contribution < -0.4 is 14.8 Å². The van der Waals surface area contributed by atoms with Crippen LogP contribution in [0.4, 0.5) is 11.6 Å². The minimum atomic E-state index is -0.447. The van der Waals surface area contributed by atoms with Crippen LogP contribution in [0.15, 0.2) is 60.7 Å². The van der Waals surface area contributed by atoms with Crippen molar-refractivity contribution in [1.29, 1.82) is 0 Å². The molecule has 3 rings (SSSR count). The molecule has 0 saturated carbocycles. The summed E-state index contributed by atoms with van der Waals surface area (Å²) in [6, 6.07) is 18.0. The summed E-state index contributed by atoms with van der Waals surface area (Å²) in [4.78, 5) is 20.9. The van der Waals surface area contributed by atoms with Gasteiger partial charge in [0.25, 0.3) is 0 Å².